The van der Waals surface area contributed by atoms with Gasteiger partial charge in [-0.05, 0) is 58.7 Å². The number of para-hydroxylation sites is 1. The van der Waals surface area contributed by atoms with Crippen molar-refractivity contribution < 1.29 is 4.42 Å². The molecule has 0 spiro atoms. The van der Waals surface area contributed by atoms with Crippen molar-refractivity contribution in [2.45, 2.75) is 0 Å². The summed E-state index contributed by atoms with van der Waals surface area (Å²) in [6.45, 7) is 0. The average molecular weight is 636 g/mol. The van der Waals surface area contributed by atoms with Crippen LogP contribution in [0.2, 0.25) is 0 Å². The molecule has 0 aliphatic heterocycles. The van der Waals surface area contributed by atoms with Gasteiger partial charge in [0.05, 0.1) is 11.0 Å². The number of nitrogens with zero attached hydrogens (tertiary/aromatic N) is 5. The third kappa shape index (κ3) is 4.91. The minimum Gasteiger partial charge on any atom is -0.456 e. The highest BCUT2D eigenvalue weighted by molar-refractivity contribution is 6.05. The van der Waals surface area contributed by atoms with Gasteiger partial charge >= 0.3 is 5.69 Å². The summed E-state index contributed by atoms with van der Waals surface area (Å²) < 4.78 is 9.52. The highest BCUT2D eigenvalue weighted by Gasteiger charge is 2.15. The second-order valence-electron chi connectivity index (χ2n) is 12.2. The molecule has 7 heteroatoms. The van der Waals surface area contributed by atoms with Gasteiger partial charge in [0.1, 0.15) is 11.2 Å². The van der Waals surface area contributed by atoms with Crippen molar-refractivity contribution in [1.29, 1.82) is 0 Å². The van der Waals surface area contributed by atoms with Gasteiger partial charge in [-0.1, -0.05) is 103 Å². The van der Waals surface area contributed by atoms with Gasteiger partial charge in [0.15, 0.2) is 17.5 Å². The van der Waals surface area contributed by atoms with Gasteiger partial charge in [0, 0.05) is 41.6 Å². The van der Waals surface area contributed by atoms with E-state index in [0.717, 1.165) is 71.9 Å². The molecule has 0 fully saturated rings. The van der Waals surface area contributed by atoms with Gasteiger partial charge in [-0.2, -0.15) is 0 Å². The SMILES string of the molecule is Cn1c(=O)n(C)c2cc(-c3ccc(-c4nc(-c5ccccc5)nc(-c5cccc(-c6ccc7c(c6)oc6ccccc67)c5)n4)cc3)ccc21. The summed E-state index contributed by atoms with van der Waals surface area (Å²) in [6, 6.07) is 47.0. The van der Waals surface area contributed by atoms with Crippen molar-refractivity contribution >= 4 is 33.0 Å². The predicted molar refractivity (Wildman–Crippen MR) is 196 cm³/mol. The van der Waals surface area contributed by atoms with Gasteiger partial charge in [0.25, 0.3) is 0 Å². The Labute approximate surface area is 281 Å². The van der Waals surface area contributed by atoms with Crippen LogP contribution in [0.25, 0.3) is 89.4 Å². The van der Waals surface area contributed by atoms with Crippen LogP contribution in [0.4, 0.5) is 0 Å². The molecule has 0 radical (unpaired) electrons. The Kier molecular flexibility index (Phi) is 6.59. The van der Waals surface area contributed by atoms with Gasteiger partial charge in [-0.15, -0.1) is 0 Å². The number of aromatic nitrogens is 5. The molecule has 0 aliphatic rings. The molecule has 0 unspecified atom stereocenters. The zero-order valence-corrected chi connectivity index (χ0v) is 26.8. The minimum absolute atomic E-state index is 0.0415. The standard InChI is InChI=1S/C42H29N5O2/c1-46-35-22-20-30(24-36(35)47(2)42(46)48)26-15-17-28(18-16-26)40-43-39(27-9-4-3-5-10-27)44-41(45-40)32-12-8-11-29(23-32)31-19-21-34-33-13-6-7-14-37(33)49-38(34)25-31/h3-25H,1-2H3. The third-order valence-electron chi connectivity index (χ3n) is 9.25. The fourth-order valence-corrected chi connectivity index (χ4v) is 6.59. The Morgan fingerprint density at radius 2 is 0.959 bits per heavy atom. The number of aryl methyl sites for hydroxylation is 2. The highest BCUT2D eigenvalue weighted by atomic mass is 16.3. The Balaban J connectivity index is 1.11. The lowest BCUT2D eigenvalue weighted by atomic mass is 10.0. The van der Waals surface area contributed by atoms with Gasteiger partial charge in [0.2, 0.25) is 0 Å². The first-order valence-electron chi connectivity index (χ1n) is 16.1. The Morgan fingerprint density at radius 3 is 1.76 bits per heavy atom. The average Bonchev–Trinajstić information content (AvgIpc) is 3.64. The number of furan rings is 1. The normalized spacial score (nSPS) is 11.6. The summed E-state index contributed by atoms with van der Waals surface area (Å²) in [4.78, 5) is 27.3. The third-order valence-corrected chi connectivity index (χ3v) is 9.25. The maximum atomic E-state index is 12.5. The highest BCUT2D eigenvalue weighted by Crippen LogP contribution is 2.34. The Morgan fingerprint density at radius 1 is 0.429 bits per heavy atom. The molecule has 0 bridgehead atoms. The second kappa shape index (κ2) is 11.3. The molecule has 0 aliphatic carbocycles. The first-order valence-corrected chi connectivity index (χ1v) is 16.1. The Bertz CT molecular complexity index is 2760. The fraction of sp³-hybridized carbons (Fsp3) is 0.0476. The van der Waals surface area contributed by atoms with E-state index in [2.05, 4.69) is 54.6 Å². The first kappa shape index (κ1) is 28.6. The number of imidazole rings is 1. The van der Waals surface area contributed by atoms with E-state index in [1.165, 1.54) is 0 Å². The van der Waals surface area contributed by atoms with E-state index in [1.54, 1.807) is 23.2 Å². The molecule has 234 valence electrons. The summed E-state index contributed by atoms with van der Waals surface area (Å²) in [5, 5.41) is 2.21. The predicted octanol–water partition coefficient (Wildman–Crippen LogP) is 9.30. The molecule has 9 rings (SSSR count). The van der Waals surface area contributed by atoms with Crippen LogP contribution in [0.15, 0.2) is 149 Å². The van der Waals surface area contributed by atoms with E-state index in [1.807, 2.05) is 84.9 Å². The topological polar surface area (TPSA) is 78.7 Å². The van der Waals surface area contributed by atoms with Crippen molar-refractivity contribution in [2.75, 3.05) is 0 Å². The minimum atomic E-state index is -0.0415. The van der Waals surface area contributed by atoms with Crippen LogP contribution in [0.5, 0.6) is 0 Å². The van der Waals surface area contributed by atoms with Crippen molar-refractivity contribution in [3.05, 3.63) is 150 Å². The molecule has 0 saturated heterocycles. The summed E-state index contributed by atoms with van der Waals surface area (Å²) in [6.07, 6.45) is 0. The molecule has 6 aromatic carbocycles. The van der Waals surface area contributed by atoms with E-state index >= 15 is 0 Å². The van der Waals surface area contributed by atoms with Crippen molar-refractivity contribution in [3.8, 4) is 56.4 Å². The zero-order chi connectivity index (χ0) is 33.1. The maximum absolute atomic E-state index is 12.5. The van der Waals surface area contributed by atoms with Crippen LogP contribution < -0.4 is 5.69 Å². The van der Waals surface area contributed by atoms with Crippen LogP contribution in [0, 0.1) is 0 Å². The molecule has 0 atom stereocenters. The molecule has 0 amide bonds. The molecule has 3 aromatic heterocycles. The molecule has 7 nitrogen and oxygen atoms in total. The van der Waals surface area contributed by atoms with Crippen LogP contribution in [0.3, 0.4) is 0 Å². The summed E-state index contributed by atoms with van der Waals surface area (Å²) >= 11 is 0. The van der Waals surface area contributed by atoms with Crippen LogP contribution >= 0.6 is 0 Å². The molecular weight excluding hydrogens is 606 g/mol. The number of fused-ring (bicyclic) bond motifs is 4. The van der Waals surface area contributed by atoms with E-state index in [-0.39, 0.29) is 5.69 Å². The number of rotatable bonds is 5. The van der Waals surface area contributed by atoms with Crippen molar-refractivity contribution in [3.63, 3.8) is 0 Å². The van der Waals surface area contributed by atoms with E-state index < -0.39 is 0 Å². The lowest BCUT2D eigenvalue weighted by molar-refractivity contribution is 0.669. The quantitative estimate of drug-likeness (QED) is 0.188. The summed E-state index contributed by atoms with van der Waals surface area (Å²) in [7, 11) is 3.60. The van der Waals surface area contributed by atoms with E-state index in [0.29, 0.717) is 17.5 Å². The fourth-order valence-electron chi connectivity index (χ4n) is 6.59. The molecule has 0 N–H and O–H groups in total. The van der Waals surface area contributed by atoms with Crippen LogP contribution in [-0.4, -0.2) is 24.1 Å². The van der Waals surface area contributed by atoms with E-state index in [9.17, 15) is 4.79 Å². The van der Waals surface area contributed by atoms with E-state index in [4.69, 9.17) is 19.4 Å². The van der Waals surface area contributed by atoms with Crippen LogP contribution in [-0.2, 0) is 14.1 Å². The Hall–Kier alpha value is -6.60. The molecule has 0 saturated carbocycles. The molecule has 3 heterocycles. The first-order chi connectivity index (χ1) is 24.0. The number of hydrogen-bond donors (Lipinski definition) is 0. The molecule has 9 aromatic rings. The van der Waals surface area contributed by atoms with Crippen LogP contribution in [0.1, 0.15) is 0 Å². The maximum Gasteiger partial charge on any atom is 0.328 e. The molecule has 49 heavy (non-hydrogen) atoms. The smallest absolute Gasteiger partial charge is 0.328 e. The molecular formula is C42H29N5O2. The second-order valence-corrected chi connectivity index (χ2v) is 12.2. The lowest BCUT2D eigenvalue weighted by Crippen LogP contribution is -2.19. The summed E-state index contributed by atoms with van der Waals surface area (Å²) in [5.74, 6) is 1.79. The van der Waals surface area contributed by atoms with Crippen molar-refractivity contribution in [2.24, 2.45) is 14.1 Å². The monoisotopic (exact) mass is 635 g/mol. The largest absolute Gasteiger partial charge is 0.456 e. The van der Waals surface area contributed by atoms with Crippen molar-refractivity contribution in [1.82, 2.24) is 24.1 Å². The van der Waals surface area contributed by atoms with Gasteiger partial charge in [-0.25, -0.2) is 19.7 Å². The van der Waals surface area contributed by atoms with Gasteiger partial charge < -0.3 is 4.42 Å². The zero-order valence-electron chi connectivity index (χ0n) is 26.8. The number of hydrogen-bond acceptors (Lipinski definition) is 5. The summed E-state index contributed by atoms with van der Waals surface area (Å²) in [5.41, 5.74) is 10.3. The number of benzene rings is 6. The lowest BCUT2D eigenvalue weighted by Gasteiger charge is -2.10. The van der Waals surface area contributed by atoms with Gasteiger partial charge in [-0.3, -0.25) is 9.13 Å².